The van der Waals surface area contributed by atoms with Crippen LogP contribution in [-0.4, -0.2) is 16.5 Å². The molecular formula is C16H14ClN3. The summed E-state index contributed by atoms with van der Waals surface area (Å²) < 4.78 is 0. The van der Waals surface area contributed by atoms with Gasteiger partial charge >= 0.3 is 0 Å². The van der Waals surface area contributed by atoms with Gasteiger partial charge in [-0.2, -0.15) is 0 Å². The molecule has 1 unspecified atom stereocenters. The first kappa shape index (κ1) is 11.9. The van der Waals surface area contributed by atoms with Crippen LogP contribution in [0.15, 0.2) is 42.6 Å². The lowest BCUT2D eigenvalue weighted by Crippen LogP contribution is -2.30. The number of nitrogens with zero attached hydrogens (tertiary/aromatic N) is 1. The summed E-state index contributed by atoms with van der Waals surface area (Å²) in [5, 5.41) is 5.56. The molecule has 0 saturated heterocycles. The Morgan fingerprint density at radius 2 is 2.15 bits per heavy atom. The smallest absolute Gasteiger partial charge is 0.0906 e. The second-order valence-electron chi connectivity index (χ2n) is 5.10. The largest absolute Gasteiger partial charge is 0.357 e. The van der Waals surface area contributed by atoms with Crippen molar-refractivity contribution in [3.63, 3.8) is 0 Å². The third-order valence-corrected chi connectivity index (χ3v) is 4.13. The average molecular weight is 284 g/mol. The third-order valence-electron chi connectivity index (χ3n) is 3.90. The van der Waals surface area contributed by atoms with E-state index in [-0.39, 0.29) is 6.04 Å². The number of halogens is 1. The highest BCUT2D eigenvalue weighted by molar-refractivity contribution is 6.31. The third kappa shape index (κ3) is 1.82. The van der Waals surface area contributed by atoms with Crippen molar-refractivity contribution in [2.45, 2.75) is 12.5 Å². The van der Waals surface area contributed by atoms with Gasteiger partial charge in [0.2, 0.25) is 0 Å². The van der Waals surface area contributed by atoms with Crippen molar-refractivity contribution in [3.05, 3.63) is 64.6 Å². The van der Waals surface area contributed by atoms with Crippen LogP contribution in [-0.2, 0) is 6.42 Å². The summed E-state index contributed by atoms with van der Waals surface area (Å²) in [6.45, 7) is 0.952. The molecule has 2 aromatic heterocycles. The van der Waals surface area contributed by atoms with Crippen molar-refractivity contribution < 1.29 is 0 Å². The number of benzene rings is 1. The maximum Gasteiger partial charge on any atom is 0.0906 e. The first-order chi connectivity index (χ1) is 9.83. The maximum atomic E-state index is 6.13. The average Bonchev–Trinajstić information content (AvgIpc) is 2.86. The van der Waals surface area contributed by atoms with Gasteiger partial charge in [-0.15, -0.1) is 0 Å². The number of rotatable bonds is 1. The summed E-state index contributed by atoms with van der Waals surface area (Å²) in [7, 11) is 0. The number of nitrogens with one attached hydrogen (secondary N) is 2. The molecule has 1 atom stereocenters. The Balaban J connectivity index is 1.91. The van der Waals surface area contributed by atoms with E-state index in [0.717, 1.165) is 29.2 Å². The van der Waals surface area contributed by atoms with Crippen LogP contribution in [0.3, 0.4) is 0 Å². The predicted octanol–water partition coefficient (Wildman–Crippen LogP) is 3.45. The Morgan fingerprint density at radius 1 is 1.20 bits per heavy atom. The lowest BCUT2D eigenvalue weighted by Gasteiger charge is -2.23. The Bertz CT molecular complexity index is 764. The summed E-state index contributed by atoms with van der Waals surface area (Å²) in [5.41, 5.74) is 4.76. The van der Waals surface area contributed by atoms with E-state index in [1.165, 1.54) is 16.6 Å². The molecule has 100 valence electrons. The number of fused-ring (bicyclic) bond motifs is 3. The fraction of sp³-hybridized carbons (Fsp3) is 0.188. The summed E-state index contributed by atoms with van der Waals surface area (Å²) in [6, 6.07) is 12.2. The van der Waals surface area contributed by atoms with Crippen LogP contribution in [0.2, 0.25) is 5.02 Å². The van der Waals surface area contributed by atoms with Gasteiger partial charge in [-0.25, -0.2) is 0 Å². The Hall–Kier alpha value is -1.84. The van der Waals surface area contributed by atoms with Crippen LogP contribution < -0.4 is 5.32 Å². The van der Waals surface area contributed by atoms with Crippen LogP contribution in [0.25, 0.3) is 10.9 Å². The molecule has 3 nitrogen and oxygen atoms in total. The molecule has 0 amide bonds. The molecule has 3 heterocycles. The number of hydrogen-bond donors (Lipinski definition) is 2. The molecule has 1 aliphatic rings. The van der Waals surface area contributed by atoms with Crippen molar-refractivity contribution in [3.8, 4) is 0 Å². The molecule has 1 aromatic carbocycles. The second kappa shape index (κ2) is 4.62. The molecule has 0 fully saturated rings. The monoisotopic (exact) mass is 283 g/mol. The number of pyridine rings is 1. The molecule has 0 saturated carbocycles. The lowest BCUT2D eigenvalue weighted by molar-refractivity contribution is 0.549. The van der Waals surface area contributed by atoms with E-state index in [0.29, 0.717) is 0 Å². The van der Waals surface area contributed by atoms with Crippen molar-refractivity contribution >= 4 is 22.5 Å². The molecular weight excluding hydrogens is 270 g/mol. The molecule has 20 heavy (non-hydrogen) atoms. The van der Waals surface area contributed by atoms with Crippen molar-refractivity contribution in [2.24, 2.45) is 0 Å². The number of aromatic amines is 1. The zero-order chi connectivity index (χ0) is 13.5. The van der Waals surface area contributed by atoms with Gasteiger partial charge in [-0.3, -0.25) is 4.98 Å². The number of hydrogen-bond acceptors (Lipinski definition) is 2. The van der Waals surface area contributed by atoms with Gasteiger partial charge in [0.05, 0.1) is 11.7 Å². The first-order valence-electron chi connectivity index (χ1n) is 6.77. The summed E-state index contributed by atoms with van der Waals surface area (Å²) in [6.07, 6.45) is 2.85. The van der Waals surface area contributed by atoms with Crippen molar-refractivity contribution in [1.82, 2.24) is 15.3 Å². The van der Waals surface area contributed by atoms with Crippen molar-refractivity contribution in [2.75, 3.05) is 6.54 Å². The topological polar surface area (TPSA) is 40.7 Å². The number of H-pyrrole nitrogens is 1. The minimum atomic E-state index is 0.131. The normalized spacial score (nSPS) is 18.1. The maximum absolute atomic E-state index is 6.13. The first-order valence-corrected chi connectivity index (χ1v) is 7.15. The fourth-order valence-corrected chi connectivity index (χ4v) is 3.17. The zero-order valence-corrected chi connectivity index (χ0v) is 11.6. The Kier molecular flexibility index (Phi) is 2.76. The van der Waals surface area contributed by atoms with E-state index in [9.17, 15) is 0 Å². The van der Waals surface area contributed by atoms with E-state index in [4.69, 9.17) is 11.6 Å². The predicted molar refractivity (Wildman–Crippen MR) is 81.1 cm³/mol. The van der Waals surface area contributed by atoms with Crippen LogP contribution >= 0.6 is 11.6 Å². The number of aromatic nitrogens is 2. The molecule has 0 bridgehead atoms. The van der Waals surface area contributed by atoms with Gasteiger partial charge in [0.15, 0.2) is 0 Å². The van der Waals surface area contributed by atoms with E-state index in [1.54, 1.807) is 0 Å². The highest BCUT2D eigenvalue weighted by Gasteiger charge is 2.25. The highest BCUT2D eigenvalue weighted by Crippen LogP contribution is 2.33. The van der Waals surface area contributed by atoms with Gasteiger partial charge in [0, 0.05) is 34.4 Å². The second-order valence-corrected chi connectivity index (χ2v) is 5.54. The summed E-state index contributed by atoms with van der Waals surface area (Å²) >= 11 is 6.13. The van der Waals surface area contributed by atoms with Crippen molar-refractivity contribution in [1.29, 1.82) is 0 Å². The van der Waals surface area contributed by atoms with Gasteiger partial charge < -0.3 is 10.3 Å². The van der Waals surface area contributed by atoms with Crippen LogP contribution in [0.5, 0.6) is 0 Å². The molecule has 4 heteroatoms. The van der Waals surface area contributed by atoms with Crippen LogP contribution in [0.1, 0.15) is 23.0 Å². The molecule has 3 aromatic rings. The van der Waals surface area contributed by atoms with E-state index in [2.05, 4.69) is 21.4 Å². The fourth-order valence-electron chi connectivity index (χ4n) is 3.00. The molecule has 0 spiro atoms. The molecule has 1 aliphatic heterocycles. The van der Waals surface area contributed by atoms with Crippen LogP contribution in [0, 0.1) is 0 Å². The summed E-state index contributed by atoms with van der Waals surface area (Å²) in [4.78, 5) is 8.01. The molecule has 4 rings (SSSR count). The quantitative estimate of drug-likeness (QED) is 0.718. The van der Waals surface area contributed by atoms with Gasteiger partial charge in [0.1, 0.15) is 0 Å². The molecule has 0 radical (unpaired) electrons. The van der Waals surface area contributed by atoms with E-state index >= 15 is 0 Å². The van der Waals surface area contributed by atoms with Crippen LogP contribution in [0.4, 0.5) is 0 Å². The Morgan fingerprint density at radius 3 is 3.00 bits per heavy atom. The van der Waals surface area contributed by atoms with E-state index in [1.807, 2.05) is 36.5 Å². The van der Waals surface area contributed by atoms with Gasteiger partial charge in [0.25, 0.3) is 0 Å². The minimum Gasteiger partial charge on any atom is -0.357 e. The minimum absolute atomic E-state index is 0.131. The lowest BCUT2D eigenvalue weighted by atomic mass is 9.97. The van der Waals surface area contributed by atoms with Gasteiger partial charge in [-0.05, 0) is 42.3 Å². The molecule has 2 N–H and O–H groups in total. The summed E-state index contributed by atoms with van der Waals surface area (Å²) in [5.74, 6) is 0. The van der Waals surface area contributed by atoms with E-state index < -0.39 is 0 Å². The Labute approximate surface area is 122 Å². The standard InChI is InChI=1S/C16H14ClN3/c17-10-4-5-13-12(9-10)11-6-8-19-16(15(11)20-13)14-3-1-2-7-18-14/h1-5,7,9,16,19-20H,6,8H2. The molecule has 0 aliphatic carbocycles. The highest BCUT2D eigenvalue weighted by atomic mass is 35.5. The van der Waals surface area contributed by atoms with Gasteiger partial charge in [-0.1, -0.05) is 17.7 Å². The zero-order valence-electron chi connectivity index (χ0n) is 10.9. The SMILES string of the molecule is Clc1ccc2[nH]c3c(c2c1)CCNC3c1ccccn1.